The summed E-state index contributed by atoms with van der Waals surface area (Å²) in [6.45, 7) is 23.3. The van der Waals surface area contributed by atoms with E-state index < -0.39 is 0 Å². The van der Waals surface area contributed by atoms with Crippen molar-refractivity contribution in [2.45, 2.75) is 106 Å². The standard InChI is InChI=1S/C31H37.C15H14.C5H5.Zr/c1-28(2,3)26-16-30(7,8)24-12-18-11-19-13-25-23(15-21(19)20(18)14-22(24)26)27(29(4,5)6)17-31(25,9)10;1-3-8-14(9-4-1)12-7-13-15-10-5-2-6-11-15;1-2-4-5-3-1;/h12-16H,11H2,1-10H3;1-6,8-11H,12-13H2;1-3H,4H2;/q-1;;-1;+2. The zero-order chi connectivity index (χ0) is 37.5. The van der Waals surface area contributed by atoms with Crippen molar-refractivity contribution in [1.29, 1.82) is 0 Å². The molecule has 0 N–H and O–H groups in total. The van der Waals surface area contributed by atoms with Gasteiger partial charge >= 0.3 is 112 Å². The Morgan fingerprint density at radius 3 is 1.67 bits per heavy atom. The van der Waals surface area contributed by atoms with E-state index in [0.717, 1.165) is 25.7 Å². The van der Waals surface area contributed by atoms with Gasteiger partial charge < -0.3 is 0 Å². The number of fused-ring (bicyclic) bond motifs is 5. The Morgan fingerprint density at radius 1 is 0.673 bits per heavy atom. The Morgan fingerprint density at radius 2 is 1.21 bits per heavy atom. The predicted octanol–water partition coefficient (Wildman–Crippen LogP) is 13.0. The van der Waals surface area contributed by atoms with Gasteiger partial charge in [0.25, 0.3) is 0 Å². The summed E-state index contributed by atoms with van der Waals surface area (Å²) in [5.41, 5.74) is 17.7. The molecule has 4 aliphatic rings. The van der Waals surface area contributed by atoms with Gasteiger partial charge in [-0.3, -0.25) is 12.2 Å². The molecular weight excluding hydrogens is 704 g/mol. The summed E-state index contributed by atoms with van der Waals surface area (Å²) in [6.07, 6.45) is 19.6. The first-order valence-electron chi connectivity index (χ1n) is 19.0. The molecule has 4 aliphatic carbocycles. The molecule has 0 amide bonds. The van der Waals surface area contributed by atoms with Gasteiger partial charge in [0.05, 0.1) is 0 Å². The van der Waals surface area contributed by atoms with Crippen LogP contribution in [0.5, 0.6) is 0 Å². The second-order valence-corrected chi connectivity index (χ2v) is 19.9. The normalized spacial score (nSPS) is 16.8. The van der Waals surface area contributed by atoms with Crippen molar-refractivity contribution in [1.82, 2.24) is 0 Å². The van der Waals surface area contributed by atoms with Gasteiger partial charge in [-0.25, -0.2) is 17.7 Å². The van der Waals surface area contributed by atoms with E-state index >= 15 is 0 Å². The van der Waals surface area contributed by atoms with Crippen molar-refractivity contribution in [3.63, 3.8) is 0 Å². The second kappa shape index (κ2) is 14.8. The fraction of sp³-hybridized carbons (Fsp3) is 0.353. The summed E-state index contributed by atoms with van der Waals surface area (Å²) in [5.74, 6) is 0. The van der Waals surface area contributed by atoms with Crippen LogP contribution < -0.4 is 0 Å². The molecule has 0 aliphatic heterocycles. The fourth-order valence-electron chi connectivity index (χ4n) is 8.03. The van der Waals surface area contributed by atoms with E-state index in [9.17, 15) is 0 Å². The monoisotopic (exact) mass is 758 g/mol. The molecule has 4 aromatic carbocycles. The molecule has 0 spiro atoms. The van der Waals surface area contributed by atoms with E-state index in [1.807, 2.05) is 12.2 Å². The number of allylic oxidation sites excluding steroid dienone is 8. The van der Waals surface area contributed by atoms with Crippen molar-refractivity contribution in [2.75, 3.05) is 0 Å². The molecule has 52 heavy (non-hydrogen) atoms. The average molecular weight is 760 g/mol. The van der Waals surface area contributed by atoms with Crippen LogP contribution in [-0.2, 0) is 54.3 Å². The molecule has 0 bridgehead atoms. The third kappa shape index (κ3) is 8.37. The van der Waals surface area contributed by atoms with Crippen LogP contribution in [-0.4, -0.2) is 3.21 Å². The number of benzene rings is 4. The Balaban J connectivity index is 0.000000183. The molecule has 0 radical (unpaired) electrons. The van der Waals surface area contributed by atoms with Crippen LogP contribution in [0.25, 0.3) is 22.3 Å². The van der Waals surface area contributed by atoms with Crippen LogP contribution in [0.4, 0.5) is 0 Å². The third-order valence-electron chi connectivity index (χ3n) is 10.7. The molecular formula is C51H56Zr. The van der Waals surface area contributed by atoms with Crippen LogP contribution in [0.2, 0.25) is 0 Å². The number of hydrogen-bond donors (Lipinski definition) is 0. The first kappa shape index (κ1) is 38.3. The van der Waals surface area contributed by atoms with Crippen molar-refractivity contribution in [3.05, 3.63) is 166 Å². The molecule has 8 rings (SSSR count). The molecule has 0 saturated heterocycles. The maximum absolute atomic E-state index is 3.85. The first-order chi connectivity index (χ1) is 24.4. The van der Waals surface area contributed by atoms with Gasteiger partial charge in [-0.2, -0.15) is 11.6 Å². The van der Waals surface area contributed by atoms with Crippen LogP contribution >= 0.6 is 0 Å². The van der Waals surface area contributed by atoms with E-state index in [-0.39, 0.29) is 21.7 Å². The summed E-state index contributed by atoms with van der Waals surface area (Å²) in [7, 11) is 0. The molecule has 1 heteroatoms. The Kier molecular flexibility index (Phi) is 10.9. The van der Waals surface area contributed by atoms with Crippen molar-refractivity contribution >= 4 is 14.4 Å². The van der Waals surface area contributed by atoms with Gasteiger partial charge in [0, 0.05) is 5.41 Å². The Bertz CT molecular complexity index is 1930. The van der Waals surface area contributed by atoms with E-state index in [0.29, 0.717) is 0 Å². The van der Waals surface area contributed by atoms with Gasteiger partial charge in [0.2, 0.25) is 0 Å². The van der Waals surface area contributed by atoms with Crippen LogP contribution in [0.15, 0.2) is 109 Å². The zero-order valence-electron chi connectivity index (χ0n) is 33.2. The van der Waals surface area contributed by atoms with Gasteiger partial charge in [0.15, 0.2) is 0 Å². The third-order valence-corrected chi connectivity index (χ3v) is 11.6. The molecule has 4 aromatic rings. The summed E-state index contributed by atoms with van der Waals surface area (Å²) in [6, 6.07) is 31.4. The molecule has 0 saturated carbocycles. The Hall–Kier alpha value is -3.41. The van der Waals surface area contributed by atoms with Crippen LogP contribution in [0.1, 0.15) is 120 Å². The quantitative estimate of drug-likeness (QED) is 0.160. The van der Waals surface area contributed by atoms with Gasteiger partial charge in [0.1, 0.15) is 0 Å². The zero-order valence-corrected chi connectivity index (χ0v) is 35.7. The summed E-state index contributed by atoms with van der Waals surface area (Å²) >= 11 is 1.55. The minimum atomic E-state index is -0.0202. The number of rotatable bonds is 4. The SMILES string of the molecule is CC(C)(C)C1=[C-]C(C)(C)c2cc3c(cc21)-c1cc2c(cc1C3)C(C)(C)C=C2C(C)(C)C.[C-]1=CC=CC1.[Zr+2]=[C](Cc1ccccc1)Cc1ccccc1. The summed E-state index contributed by atoms with van der Waals surface area (Å²) in [4.78, 5) is 0. The molecule has 0 nitrogen and oxygen atoms in total. The summed E-state index contributed by atoms with van der Waals surface area (Å²) in [5, 5.41) is 0. The maximum atomic E-state index is 3.85. The molecule has 0 atom stereocenters. The van der Waals surface area contributed by atoms with Crippen LogP contribution in [0, 0.1) is 23.0 Å². The van der Waals surface area contributed by atoms with Crippen LogP contribution in [0.3, 0.4) is 0 Å². The second-order valence-electron chi connectivity index (χ2n) is 18.1. The first-order valence-corrected chi connectivity index (χ1v) is 20.3. The molecule has 264 valence electrons. The molecule has 0 unspecified atom stereocenters. The molecule has 0 aromatic heterocycles. The predicted molar refractivity (Wildman–Crippen MR) is 221 cm³/mol. The van der Waals surface area contributed by atoms with Gasteiger partial charge in [-0.15, -0.1) is 18.1 Å². The molecule has 0 heterocycles. The topological polar surface area (TPSA) is 0 Å². The van der Waals surface area contributed by atoms with E-state index in [4.69, 9.17) is 0 Å². The number of hydrogen-bond acceptors (Lipinski definition) is 0. The molecule has 0 fully saturated rings. The fourth-order valence-corrected chi connectivity index (χ4v) is 9.03. The van der Waals surface area contributed by atoms with E-state index in [2.05, 4.69) is 178 Å². The average Bonchev–Trinajstić information content (AvgIpc) is 3.86. The van der Waals surface area contributed by atoms with E-state index in [1.165, 1.54) is 66.8 Å². The van der Waals surface area contributed by atoms with Gasteiger partial charge in [-0.1, -0.05) is 92.9 Å². The van der Waals surface area contributed by atoms with Crippen molar-refractivity contribution in [3.8, 4) is 11.1 Å². The van der Waals surface area contributed by atoms with Gasteiger partial charge in [-0.05, 0) is 62.3 Å². The minimum absolute atomic E-state index is 0.0202. The Labute approximate surface area is 330 Å². The van der Waals surface area contributed by atoms with Crippen molar-refractivity contribution < 1.29 is 24.2 Å². The van der Waals surface area contributed by atoms with Crippen molar-refractivity contribution in [2.24, 2.45) is 10.8 Å². The van der Waals surface area contributed by atoms with E-state index in [1.54, 1.807) is 27.4 Å². The summed E-state index contributed by atoms with van der Waals surface area (Å²) < 4.78 is 1.60.